The van der Waals surface area contributed by atoms with E-state index in [1.165, 1.54) is 0 Å². The maximum atomic E-state index is 12.5. The largest absolute Gasteiger partial charge is 0.490 e. The molecule has 10 heteroatoms. The van der Waals surface area contributed by atoms with Crippen LogP contribution in [-0.4, -0.2) is 63.5 Å². The summed E-state index contributed by atoms with van der Waals surface area (Å²) in [6, 6.07) is 10.8. The van der Waals surface area contributed by atoms with Gasteiger partial charge in [0.05, 0.1) is 21.2 Å². The maximum absolute atomic E-state index is 12.5. The minimum absolute atomic E-state index is 0.0787. The highest BCUT2D eigenvalue weighted by molar-refractivity contribution is 9.10. The predicted molar refractivity (Wildman–Crippen MR) is 170 cm³/mol. The summed E-state index contributed by atoms with van der Waals surface area (Å²) < 4.78 is 24.4. The number of amides is 2. The average Bonchev–Trinajstić information content (AvgIpc) is 3.71. The molecule has 0 spiro atoms. The van der Waals surface area contributed by atoms with E-state index in [1.807, 2.05) is 12.1 Å². The third-order valence-electron chi connectivity index (χ3n) is 7.46. The van der Waals surface area contributed by atoms with E-state index in [2.05, 4.69) is 42.5 Å². The lowest BCUT2D eigenvalue weighted by Crippen LogP contribution is -2.24. The number of carbonyl (C=O) groups is 2. The van der Waals surface area contributed by atoms with Crippen LogP contribution in [0.15, 0.2) is 45.3 Å². The second-order valence-corrected chi connectivity index (χ2v) is 12.5. The molecule has 2 aliphatic rings. The number of rotatable bonds is 17. The van der Waals surface area contributed by atoms with Gasteiger partial charge in [0.2, 0.25) is 0 Å². The maximum Gasteiger partial charge on any atom is 0.251 e. The van der Waals surface area contributed by atoms with Gasteiger partial charge in [-0.1, -0.05) is 25.7 Å². The molecule has 2 aromatic carbocycles. The zero-order valence-electron chi connectivity index (χ0n) is 24.1. The summed E-state index contributed by atoms with van der Waals surface area (Å²) in [4.78, 5) is 25.0. The molecule has 2 fully saturated rings. The molecule has 2 saturated heterocycles. The molecular formula is C32H42Br2N2O6. The van der Waals surface area contributed by atoms with E-state index >= 15 is 0 Å². The Labute approximate surface area is 265 Å². The van der Waals surface area contributed by atoms with Crippen molar-refractivity contribution in [3.05, 3.63) is 56.5 Å². The smallest absolute Gasteiger partial charge is 0.251 e. The van der Waals surface area contributed by atoms with Crippen LogP contribution in [-0.2, 0) is 9.47 Å². The molecule has 230 valence electrons. The van der Waals surface area contributed by atoms with Crippen LogP contribution in [0, 0.1) is 0 Å². The lowest BCUT2D eigenvalue weighted by atomic mass is 10.1. The molecule has 0 aliphatic carbocycles. The quantitative estimate of drug-likeness (QED) is 0.175. The van der Waals surface area contributed by atoms with Crippen LogP contribution in [0.3, 0.4) is 0 Å². The fourth-order valence-electron chi connectivity index (χ4n) is 5.00. The van der Waals surface area contributed by atoms with Crippen molar-refractivity contribution in [2.45, 2.75) is 76.4 Å². The third-order valence-corrected chi connectivity index (χ3v) is 8.70. The fourth-order valence-corrected chi connectivity index (χ4v) is 5.99. The Balaban J connectivity index is 1.01. The van der Waals surface area contributed by atoms with Crippen molar-refractivity contribution < 1.29 is 28.5 Å². The van der Waals surface area contributed by atoms with Gasteiger partial charge < -0.3 is 29.6 Å². The minimum Gasteiger partial charge on any atom is -0.490 e. The Bertz CT molecular complexity index is 1060. The number of carbonyl (C=O) groups excluding carboxylic acids is 2. The molecule has 0 saturated carbocycles. The Hall–Kier alpha value is -2.14. The van der Waals surface area contributed by atoms with Gasteiger partial charge in [-0.15, -0.1) is 0 Å². The molecule has 2 unspecified atom stereocenters. The monoisotopic (exact) mass is 708 g/mol. The van der Waals surface area contributed by atoms with Crippen molar-refractivity contribution >= 4 is 43.7 Å². The van der Waals surface area contributed by atoms with Crippen LogP contribution in [0.2, 0.25) is 0 Å². The van der Waals surface area contributed by atoms with Crippen molar-refractivity contribution in [3.63, 3.8) is 0 Å². The van der Waals surface area contributed by atoms with Gasteiger partial charge in [0.25, 0.3) is 11.8 Å². The van der Waals surface area contributed by atoms with Crippen LogP contribution in [0.4, 0.5) is 0 Å². The molecule has 2 N–H and O–H groups in total. The molecule has 2 atom stereocenters. The van der Waals surface area contributed by atoms with Crippen molar-refractivity contribution in [1.82, 2.24) is 10.6 Å². The number of hydrogen-bond donors (Lipinski definition) is 2. The normalized spacial score (nSPS) is 18.1. The fraction of sp³-hybridized carbons (Fsp3) is 0.562. The number of unbranched alkanes of at least 4 members (excludes halogenated alkanes) is 5. The highest BCUT2D eigenvalue weighted by atomic mass is 79.9. The first kappa shape index (κ1) is 32.8. The zero-order chi connectivity index (χ0) is 29.6. The molecule has 42 heavy (non-hydrogen) atoms. The van der Waals surface area contributed by atoms with E-state index in [-0.39, 0.29) is 24.0 Å². The first-order valence-electron chi connectivity index (χ1n) is 15.1. The number of benzene rings is 2. The van der Waals surface area contributed by atoms with Crippen LogP contribution in [0.1, 0.15) is 84.9 Å². The third kappa shape index (κ3) is 10.8. The van der Waals surface area contributed by atoms with E-state index < -0.39 is 0 Å². The first-order valence-corrected chi connectivity index (χ1v) is 16.7. The second-order valence-electron chi connectivity index (χ2n) is 10.8. The predicted octanol–water partition coefficient (Wildman–Crippen LogP) is 6.83. The Morgan fingerprint density at radius 1 is 0.690 bits per heavy atom. The van der Waals surface area contributed by atoms with Gasteiger partial charge >= 0.3 is 0 Å². The Kier molecular flexibility index (Phi) is 13.9. The van der Waals surface area contributed by atoms with E-state index in [0.29, 0.717) is 37.4 Å². The molecule has 2 heterocycles. The number of nitrogens with one attached hydrogen (secondary N) is 2. The molecule has 0 radical (unpaired) electrons. The number of halogens is 2. The summed E-state index contributed by atoms with van der Waals surface area (Å²) in [6.07, 6.45) is 10.7. The summed E-state index contributed by atoms with van der Waals surface area (Å²) in [5.74, 6) is 1.29. The molecule has 0 aromatic heterocycles. The molecule has 4 rings (SSSR count). The highest BCUT2D eigenvalue weighted by Crippen LogP contribution is 2.28. The van der Waals surface area contributed by atoms with Gasteiger partial charge in [0.15, 0.2) is 0 Å². The standard InChI is InChI=1S/C32H42Br2N2O6/c33-27-19-23(11-13-29(27)41-21-25-9-7-17-39-25)31(37)35-15-5-3-1-2-4-6-16-36-32(38)24-12-14-30(28(34)20-24)42-22-26-10-8-18-40-26/h11-14,19-20,25-26H,1-10,15-18,21-22H2,(H,35,37)(H,36,38). The highest BCUT2D eigenvalue weighted by Gasteiger charge is 2.18. The Morgan fingerprint density at radius 3 is 1.50 bits per heavy atom. The molecular weight excluding hydrogens is 668 g/mol. The van der Waals surface area contributed by atoms with Crippen molar-refractivity contribution in [3.8, 4) is 11.5 Å². The van der Waals surface area contributed by atoms with Crippen LogP contribution in [0.5, 0.6) is 11.5 Å². The van der Waals surface area contributed by atoms with E-state index in [9.17, 15) is 9.59 Å². The molecule has 2 aromatic rings. The van der Waals surface area contributed by atoms with Gasteiger partial charge in [-0.2, -0.15) is 0 Å². The van der Waals surface area contributed by atoms with E-state index in [4.69, 9.17) is 18.9 Å². The Morgan fingerprint density at radius 2 is 1.12 bits per heavy atom. The van der Waals surface area contributed by atoms with Gasteiger partial charge in [-0.25, -0.2) is 0 Å². The van der Waals surface area contributed by atoms with Crippen molar-refractivity contribution in [2.24, 2.45) is 0 Å². The van der Waals surface area contributed by atoms with Gasteiger partial charge in [-0.3, -0.25) is 9.59 Å². The summed E-state index contributed by atoms with van der Waals surface area (Å²) in [5, 5.41) is 6.01. The molecule has 0 bridgehead atoms. The summed E-state index contributed by atoms with van der Waals surface area (Å²) in [6.45, 7) is 3.96. The first-order chi connectivity index (χ1) is 20.5. The molecule has 2 amide bonds. The minimum atomic E-state index is -0.0787. The lowest BCUT2D eigenvalue weighted by molar-refractivity contribution is 0.0676. The van der Waals surface area contributed by atoms with Crippen molar-refractivity contribution in [2.75, 3.05) is 39.5 Å². The number of hydrogen-bond acceptors (Lipinski definition) is 6. The van der Waals surface area contributed by atoms with E-state index in [0.717, 1.165) is 97.9 Å². The van der Waals surface area contributed by atoms with Gasteiger partial charge in [0.1, 0.15) is 24.7 Å². The van der Waals surface area contributed by atoms with Gasteiger partial charge in [-0.05, 0) is 107 Å². The van der Waals surface area contributed by atoms with E-state index in [1.54, 1.807) is 24.3 Å². The topological polar surface area (TPSA) is 95.1 Å². The SMILES string of the molecule is O=C(NCCCCCCCCNC(=O)c1ccc(OCC2CCCO2)c(Br)c1)c1ccc(OCC2CCCO2)c(Br)c1. The molecule has 2 aliphatic heterocycles. The second kappa shape index (κ2) is 17.9. The average molecular weight is 711 g/mol. The summed E-state index contributed by atoms with van der Waals surface area (Å²) in [5.41, 5.74) is 1.22. The zero-order valence-corrected chi connectivity index (χ0v) is 27.3. The van der Waals surface area contributed by atoms with Crippen molar-refractivity contribution in [1.29, 1.82) is 0 Å². The summed E-state index contributed by atoms with van der Waals surface area (Å²) in [7, 11) is 0. The van der Waals surface area contributed by atoms with Crippen LogP contribution >= 0.6 is 31.9 Å². The van der Waals surface area contributed by atoms with Crippen LogP contribution in [0.25, 0.3) is 0 Å². The number of ether oxygens (including phenoxy) is 4. The lowest BCUT2D eigenvalue weighted by Gasteiger charge is -2.13. The summed E-state index contributed by atoms with van der Waals surface area (Å²) >= 11 is 7.03. The molecule has 8 nitrogen and oxygen atoms in total. The van der Waals surface area contributed by atoms with Gasteiger partial charge in [0, 0.05) is 37.4 Å². The van der Waals surface area contributed by atoms with Crippen LogP contribution < -0.4 is 20.1 Å².